The largest absolute Gasteiger partial charge is 0.326 e. The molecule has 7 heteroatoms. The Labute approximate surface area is 160 Å². The molecule has 3 rings (SSSR count). The standard InChI is InChI=1S/C18H15Cl3N2O2/c1-9-5-6-10(19)7-15(9)23-18(25)12-8-11(12)17(24)22-14-4-2-3-13(20)16(14)21/h2-7,11-12H,8H2,1H3,(H,22,24)(H,23,25). The summed E-state index contributed by atoms with van der Waals surface area (Å²) < 4.78 is 0. The average Bonchev–Trinajstić information content (AvgIpc) is 3.36. The van der Waals surface area contributed by atoms with Gasteiger partial charge < -0.3 is 10.6 Å². The number of benzene rings is 2. The lowest BCUT2D eigenvalue weighted by atomic mass is 10.2. The fraction of sp³-hybridized carbons (Fsp3) is 0.222. The summed E-state index contributed by atoms with van der Waals surface area (Å²) in [7, 11) is 0. The molecule has 0 radical (unpaired) electrons. The molecule has 2 N–H and O–H groups in total. The summed E-state index contributed by atoms with van der Waals surface area (Å²) in [6.45, 7) is 1.88. The maximum absolute atomic E-state index is 12.3. The molecule has 0 saturated heterocycles. The van der Waals surface area contributed by atoms with Crippen LogP contribution in [-0.2, 0) is 9.59 Å². The van der Waals surface area contributed by atoms with E-state index in [1.54, 1.807) is 30.3 Å². The maximum atomic E-state index is 12.3. The van der Waals surface area contributed by atoms with Crippen LogP contribution in [0.5, 0.6) is 0 Å². The topological polar surface area (TPSA) is 58.2 Å². The van der Waals surface area contributed by atoms with Crippen molar-refractivity contribution >= 4 is 58.0 Å². The molecule has 2 aromatic carbocycles. The fourth-order valence-electron chi connectivity index (χ4n) is 2.55. The molecule has 1 saturated carbocycles. The highest BCUT2D eigenvalue weighted by atomic mass is 35.5. The molecular weight excluding hydrogens is 383 g/mol. The van der Waals surface area contributed by atoms with Crippen molar-refractivity contribution < 1.29 is 9.59 Å². The monoisotopic (exact) mass is 396 g/mol. The van der Waals surface area contributed by atoms with E-state index in [-0.39, 0.29) is 28.7 Å². The van der Waals surface area contributed by atoms with E-state index in [2.05, 4.69) is 10.6 Å². The van der Waals surface area contributed by atoms with Gasteiger partial charge in [0.1, 0.15) is 0 Å². The molecule has 2 atom stereocenters. The van der Waals surface area contributed by atoms with Gasteiger partial charge in [0.2, 0.25) is 11.8 Å². The molecule has 1 aliphatic carbocycles. The number of hydrogen-bond donors (Lipinski definition) is 2. The molecule has 2 aromatic rings. The van der Waals surface area contributed by atoms with Crippen LogP contribution in [0, 0.1) is 18.8 Å². The number of nitrogens with one attached hydrogen (secondary N) is 2. The molecule has 0 heterocycles. The Morgan fingerprint density at radius 3 is 2.28 bits per heavy atom. The van der Waals surface area contributed by atoms with Crippen LogP contribution in [-0.4, -0.2) is 11.8 Å². The van der Waals surface area contributed by atoms with Crippen molar-refractivity contribution in [1.82, 2.24) is 0 Å². The predicted molar refractivity (Wildman–Crippen MR) is 102 cm³/mol. The van der Waals surface area contributed by atoms with Gasteiger partial charge in [-0.25, -0.2) is 0 Å². The lowest BCUT2D eigenvalue weighted by molar-refractivity contribution is -0.122. The lowest BCUT2D eigenvalue weighted by Crippen LogP contribution is -2.21. The summed E-state index contributed by atoms with van der Waals surface area (Å²) in [6.07, 6.45) is 0.496. The zero-order valence-electron chi connectivity index (χ0n) is 13.3. The third-order valence-corrected chi connectivity index (χ3v) is 5.18. The van der Waals surface area contributed by atoms with Crippen molar-refractivity contribution in [3.05, 3.63) is 57.0 Å². The van der Waals surface area contributed by atoms with E-state index in [1.807, 2.05) is 13.0 Å². The Balaban J connectivity index is 1.62. The molecule has 4 nitrogen and oxygen atoms in total. The van der Waals surface area contributed by atoms with Crippen LogP contribution in [0.4, 0.5) is 11.4 Å². The zero-order chi connectivity index (χ0) is 18.1. The van der Waals surface area contributed by atoms with Crippen molar-refractivity contribution in [2.45, 2.75) is 13.3 Å². The van der Waals surface area contributed by atoms with Gasteiger partial charge in [0, 0.05) is 10.7 Å². The van der Waals surface area contributed by atoms with Gasteiger partial charge >= 0.3 is 0 Å². The summed E-state index contributed by atoms with van der Waals surface area (Å²) in [5.74, 6) is -1.18. The Bertz CT molecular complexity index is 834. The highest BCUT2D eigenvalue weighted by molar-refractivity contribution is 6.44. The second-order valence-electron chi connectivity index (χ2n) is 5.99. The quantitative estimate of drug-likeness (QED) is 0.748. The van der Waals surface area contributed by atoms with Crippen molar-refractivity contribution in [2.24, 2.45) is 11.8 Å². The summed E-state index contributed by atoms with van der Waals surface area (Å²) in [5.41, 5.74) is 2.00. The first kappa shape index (κ1) is 18.1. The molecule has 2 amide bonds. The number of amides is 2. The molecule has 25 heavy (non-hydrogen) atoms. The van der Waals surface area contributed by atoms with Crippen molar-refractivity contribution in [3.8, 4) is 0 Å². The Morgan fingerprint density at radius 1 is 0.960 bits per heavy atom. The smallest absolute Gasteiger partial charge is 0.228 e. The summed E-state index contributed by atoms with van der Waals surface area (Å²) in [5, 5.41) is 6.75. The minimum absolute atomic E-state index is 0.192. The maximum Gasteiger partial charge on any atom is 0.228 e. The number of carbonyl (C=O) groups is 2. The minimum atomic E-state index is -0.380. The zero-order valence-corrected chi connectivity index (χ0v) is 15.5. The molecule has 0 spiro atoms. The molecule has 0 aromatic heterocycles. The van der Waals surface area contributed by atoms with Crippen LogP contribution in [0.25, 0.3) is 0 Å². The molecular formula is C18H15Cl3N2O2. The normalized spacial score (nSPS) is 18.6. The molecule has 1 fully saturated rings. The van der Waals surface area contributed by atoms with E-state index < -0.39 is 0 Å². The molecule has 0 aliphatic heterocycles. The van der Waals surface area contributed by atoms with E-state index in [4.69, 9.17) is 34.8 Å². The Morgan fingerprint density at radius 2 is 1.60 bits per heavy atom. The first-order valence-corrected chi connectivity index (χ1v) is 8.82. The average molecular weight is 398 g/mol. The van der Waals surface area contributed by atoms with E-state index in [0.29, 0.717) is 27.8 Å². The Kier molecular flexibility index (Phi) is 5.23. The van der Waals surface area contributed by atoms with Crippen LogP contribution in [0.1, 0.15) is 12.0 Å². The minimum Gasteiger partial charge on any atom is -0.326 e. The predicted octanol–water partition coefficient (Wildman–Crippen LogP) is 5.17. The number of hydrogen-bond acceptors (Lipinski definition) is 2. The summed E-state index contributed by atoms with van der Waals surface area (Å²) >= 11 is 17.9. The van der Waals surface area contributed by atoms with Crippen LogP contribution in [0.15, 0.2) is 36.4 Å². The van der Waals surface area contributed by atoms with Crippen LogP contribution in [0.3, 0.4) is 0 Å². The first-order valence-electron chi connectivity index (χ1n) is 7.68. The van der Waals surface area contributed by atoms with E-state index in [9.17, 15) is 9.59 Å². The van der Waals surface area contributed by atoms with Crippen LogP contribution < -0.4 is 10.6 Å². The van der Waals surface area contributed by atoms with Gasteiger partial charge in [0.25, 0.3) is 0 Å². The van der Waals surface area contributed by atoms with E-state index in [1.165, 1.54) is 0 Å². The van der Waals surface area contributed by atoms with E-state index in [0.717, 1.165) is 5.56 Å². The lowest BCUT2D eigenvalue weighted by Gasteiger charge is -2.10. The van der Waals surface area contributed by atoms with Gasteiger partial charge in [-0.2, -0.15) is 0 Å². The molecule has 1 aliphatic rings. The highest BCUT2D eigenvalue weighted by Gasteiger charge is 2.48. The number of carbonyl (C=O) groups excluding carboxylic acids is 2. The van der Waals surface area contributed by atoms with Crippen LogP contribution in [0.2, 0.25) is 15.1 Å². The Hall–Kier alpha value is -1.75. The van der Waals surface area contributed by atoms with Crippen molar-refractivity contribution in [2.75, 3.05) is 10.6 Å². The first-order chi connectivity index (χ1) is 11.9. The fourth-order valence-corrected chi connectivity index (χ4v) is 3.07. The van der Waals surface area contributed by atoms with Gasteiger partial charge in [0.15, 0.2) is 0 Å². The van der Waals surface area contributed by atoms with Crippen molar-refractivity contribution in [1.29, 1.82) is 0 Å². The number of rotatable bonds is 4. The van der Waals surface area contributed by atoms with Gasteiger partial charge in [-0.1, -0.05) is 46.9 Å². The van der Waals surface area contributed by atoms with Crippen molar-refractivity contribution in [3.63, 3.8) is 0 Å². The van der Waals surface area contributed by atoms with Gasteiger partial charge in [-0.05, 0) is 43.2 Å². The van der Waals surface area contributed by atoms with Gasteiger partial charge in [-0.3, -0.25) is 9.59 Å². The summed E-state index contributed by atoms with van der Waals surface area (Å²) in [6, 6.07) is 10.3. The van der Waals surface area contributed by atoms with Gasteiger partial charge in [0.05, 0.1) is 27.6 Å². The number of halogens is 3. The molecule has 2 unspecified atom stereocenters. The van der Waals surface area contributed by atoms with E-state index >= 15 is 0 Å². The third kappa shape index (κ3) is 4.09. The SMILES string of the molecule is Cc1ccc(Cl)cc1NC(=O)C1CC1C(=O)Nc1cccc(Cl)c1Cl. The molecule has 0 bridgehead atoms. The second kappa shape index (κ2) is 7.24. The molecule has 130 valence electrons. The van der Waals surface area contributed by atoms with Gasteiger partial charge in [-0.15, -0.1) is 0 Å². The number of aryl methyl sites for hydroxylation is 1. The number of anilines is 2. The third-order valence-electron chi connectivity index (χ3n) is 4.13. The van der Waals surface area contributed by atoms with Crippen LogP contribution >= 0.6 is 34.8 Å². The summed E-state index contributed by atoms with van der Waals surface area (Å²) in [4.78, 5) is 24.7. The second-order valence-corrected chi connectivity index (χ2v) is 7.21. The highest BCUT2D eigenvalue weighted by Crippen LogP contribution is 2.41.